The normalized spacial score (nSPS) is 12.1. The topological polar surface area (TPSA) is 66.5 Å². The first kappa shape index (κ1) is 19.8. The van der Waals surface area contributed by atoms with Crippen molar-refractivity contribution in [2.75, 3.05) is 19.6 Å². The van der Waals surface area contributed by atoms with Crippen molar-refractivity contribution in [3.05, 3.63) is 0 Å². The van der Waals surface area contributed by atoms with Crippen molar-refractivity contribution >= 4 is 17.5 Å². The van der Waals surface area contributed by atoms with E-state index < -0.39 is 5.54 Å². The minimum Gasteiger partial charge on any atom is -0.330 e. The van der Waals surface area contributed by atoms with Crippen molar-refractivity contribution in [2.24, 2.45) is 5.41 Å². The number of carbonyl (C=O) groups excluding carboxylic acids is 3. The minimum atomic E-state index is -0.418. The summed E-state index contributed by atoms with van der Waals surface area (Å²) in [5, 5.41) is 3.14. The number of nitrogens with one attached hydrogen (secondary N) is 1. The Morgan fingerprint density at radius 2 is 1.48 bits per heavy atom. The summed E-state index contributed by atoms with van der Waals surface area (Å²) in [6.45, 7) is 13.8. The van der Waals surface area contributed by atoms with Crippen molar-refractivity contribution in [3.8, 4) is 0 Å². The van der Waals surface area contributed by atoms with Crippen LogP contribution in [0, 0.1) is 5.41 Å². The summed E-state index contributed by atoms with van der Waals surface area (Å²) in [4.78, 5) is 35.8. The van der Waals surface area contributed by atoms with E-state index in [0.29, 0.717) is 13.1 Å². The number of carbonyl (C=O) groups is 3. The van der Waals surface area contributed by atoms with Crippen molar-refractivity contribution in [2.45, 2.75) is 60.4 Å². The number of Topliss-reactive ketones (excluding diaryl/α,β-unsaturated/α-hetero) is 2. The molecule has 5 nitrogen and oxygen atoms in total. The van der Waals surface area contributed by atoms with Crippen LogP contribution in [0.15, 0.2) is 0 Å². The lowest BCUT2D eigenvalue weighted by Gasteiger charge is -2.42. The summed E-state index contributed by atoms with van der Waals surface area (Å²) in [5.74, 6) is -0.0134. The number of hydrogen-bond donors (Lipinski definition) is 1. The predicted octanol–water partition coefficient (Wildman–Crippen LogP) is 1.80. The van der Waals surface area contributed by atoms with Gasteiger partial charge in [0.2, 0.25) is 5.91 Å². The number of amides is 1. The van der Waals surface area contributed by atoms with Crippen LogP contribution in [0.3, 0.4) is 0 Å². The Hall–Kier alpha value is -1.23. The molecule has 1 amide bonds. The molecule has 0 aliphatic rings. The molecule has 1 N–H and O–H groups in total. The molecule has 0 spiro atoms. The molecular formula is C16H30N2O3. The molecule has 0 saturated carbocycles. The summed E-state index contributed by atoms with van der Waals surface area (Å²) >= 11 is 0. The third-order valence-electron chi connectivity index (χ3n) is 3.38. The monoisotopic (exact) mass is 298 g/mol. The highest BCUT2D eigenvalue weighted by molar-refractivity contribution is 5.84. The van der Waals surface area contributed by atoms with Crippen LogP contribution in [0.1, 0.15) is 54.9 Å². The molecule has 5 heteroatoms. The van der Waals surface area contributed by atoms with Gasteiger partial charge in [-0.3, -0.25) is 14.4 Å². The summed E-state index contributed by atoms with van der Waals surface area (Å²) in [6.07, 6.45) is 0.734. The molecule has 0 atom stereocenters. The van der Waals surface area contributed by atoms with Crippen molar-refractivity contribution in [1.29, 1.82) is 0 Å². The Labute approximate surface area is 128 Å². The molecule has 0 bridgehead atoms. The summed E-state index contributed by atoms with van der Waals surface area (Å²) < 4.78 is 0. The van der Waals surface area contributed by atoms with Crippen LogP contribution in [0.25, 0.3) is 0 Å². The van der Waals surface area contributed by atoms with Gasteiger partial charge < -0.3 is 10.2 Å². The van der Waals surface area contributed by atoms with Gasteiger partial charge in [-0.15, -0.1) is 0 Å². The van der Waals surface area contributed by atoms with Crippen molar-refractivity contribution in [3.63, 3.8) is 0 Å². The summed E-state index contributed by atoms with van der Waals surface area (Å²) in [7, 11) is 0. The lowest BCUT2D eigenvalue weighted by molar-refractivity contribution is -0.139. The molecule has 0 aromatic carbocycles. The molecule has 0 heterocycles. The minimum absolute atomic E-state index is 0.0224. The maximum absolute atomic E-state index is 11.8. The molecule has 0 radical (unpaired) electrons. The lowest BCUT2D eigenvalue weighted by Crippen LogP contribution is -2.52. The van der Waals surface area contributed by atoms with Crippen LogP contribution in [0.2, 0.25) is 0 Å². The van der Waals surface area contributed by atoms with Crippen molar-refractivity contribution in [1.82, 2.24) is 10.2 Å². The third kappa shape index (κ3) is 7.95. The molecule has 0 rings (SSSR count). The van der Waals surface area contributed by atoms with Gasteiger partial charge in [-0.1, -0.05) is 13.8 Å². The zero-order valence-electron chi connectivity index (χ0n) is 14.5. The molecule has 21 heavy (non-hydrogen) atoms. The Kier molecular flexibility index (Phi) is 7.24. The van der Waals surface area contributed by atoms with Crippen LogP contribution in [0.4, 0.5) is 0 Å². The van der Waals surface area contributed by atoms with Gasteiger partial charge in [0.1, 0.15) is 11.6 Å². The Morgan fingerprint density at radius 1 is 0.952 bits per heavy atom. The maximum atomic E-state index is 11.8. The highest BCUT2D eigenvalue weighted by Gasteiger charge is 2.35. The van der Waals surface area contributed by atoms with Crippen LogP contribution >= 0.6 is 0 Å². The number of hydrogen-bond acceptors (Lipinski definition) is 4. The second-order valence-corrected chi connectivity index (χ2v) is 7.27. The molecule has 122 valence electrons. The summed E-state index contributed by atoms with van der Waals surface area (Å²) in [6, 6.07) is 0. The quantitative estimate of drug-likeness (QED) is 0.705. The third-order valence-corrected chi connectivity index (χ3v) is 3.38. The standard InChI is InChI=1S/C16H30N2O3/c1-12(19)8-17-11-15(4,5)10-16(6,7)18(14(3)21)9-13(2)20/h17H,8-11H2,1-7H3. The van der Waals surface area contributed by atoms with E-state index in [9.17, 15) is 14.4 Å². The van der Waals surface area contributed by atoms with Gasteiger partial charge >= 0.3 is 0 Å². The predicted molar refractivity (Wildman–Crippen MR) is 84.1 cm³/mol. The van der Waals surface area contributed by atoms with Crippen LogP contribution in [0.5, 0.6) is 0 Å². The molecule has 0 fully saturated rings. The molecular weight excluding hydrogens is 268 g/mol. The van der Waals surface area contributed by atoms with Crippen LogP contribution in [-0.4, -0.2) is 47.5 Å². The number of nitrogens with zero attached hydrogens (tertiary/aromatic N) is 1. The first-order chi connectivity index (χ1) is 9.37. The SMILES string of the molecule is CC(=O)CNCC(C)(C)CC(C)(C)N(CC(C)=O)C(C)=O. The largest absolute Gasteiger partial charge is 0.330 e. The zero-order valence-corrected chi connectivity index (χ0v) is 14.5. The second kappa shape index (κ2) is 7.69. The van der Waals surface area contributed by atoms with Gasteiger partial charge in [-0.2, -0.15) is 0 Å². The van der Waals surface area contributed by atoms with Crippen LogP contribution in [-0.2, 0) is 14.4 Å². The Balaban J connectivity index is 4.83. The van der Waals surface area contributed by atoms with E-state index in [1.807, 2.05) is 13.8 Å². The van der Waals surface area contributed by atoms with Gasteiger partial charge in [0.15, 0.2) is 0 Å². The number of ketones is 2. The lowest BCUT2D eigenvalue weighted by atomic mass is 9.79. The maximum Gasteiger partial charge on any atom is 0.220 e. The van der Waals surface area contributed by atoms with Gasteiger partial charge in [0.25, 0.3) is 0 Å². The molecule has 0 aliphatic carbocycles. The van der Waals surface area contributed by atoms with Gasteiger partial charge in [0.05, 0.1) is 13.1 Å². The van der Waals surface area contributed by atoms with Gasteiger partial charge in [-0.25, -0.2) is 0 Å². The van der Waals surface area contributed by atoms with E-state index >= 15 is 0 Å². The molecule has 0 unspecified atom stereocenters. The fourth-order valence-electron chi connectivity index (χ4n) is 2.88. The summed E-state index contributed by atoms with van der Waals surface area (Å²) in [5.41, 5.74) is -0.512. The van der Waals surface area contributed by atoms with Gasteiger partial charge in [-0.05, 0) is 39.5 Å². The first-order valence-corrected chi connectivity index (χ1v) is 7.35. The fourth-order valence-corrected chi connectivity index (χ4v) is 2.88. The van der Waals surface area contributed by atoms with E-state index in [4.69, 9.17) is 0 Å². The molecule has 0 aromatic heterocycles. The van der Waals surface area contributed by atoms with E-state index in [0.717, 1.165) is 6.42 Å². The van der Waals surface area contributed by atoms with E-state index in [-0.39, 0.29) is 29.4 Å². The average Bonchev–Trinajstić information content (AvgIpc) is 2.22. The van der Waals surface area contributed by atoms with Crippen molar-refractivity contribution < 1.29 is 14.4 Å². The second-order valence-electron chi connectivity index (χ2n) is 7.27. The highest BCUT2D eigenvalue weighted by Crippen LogP contribution is 2.31. The first-order valence-electron chi connectivity index (χ1n) is 7.35. The smallest absolute Gasteiger partial charge is 0.220 e. The molecule has 0 saturated heterocycles. The highest BCUT2D eigenvalue weighted by atomic mass is 16.2. The zero-order chi connectivity index (χ0) is 16.8. The molecule has 0 aliphatic heterocycles. The van der Waals surface area contributed by atoms with E-state index in [1.54, 1.807) is 11.8 Å². The fraction of sp³-hybridized carbons (Fsp3) is 0.812. The Bertz CT molecular complexity index is 400. The van der Waals surface area contributed by atoms with E-state index in [2.05, 4.69) is 19.2 Å². The Morgan fingerprint density at radius 3 is 1.86 bits per heavy atom. The van der Waals surface area contributed by atoms with E-state index in [1.165, 1.54) is 13.8 Å². The molecule has 0 aromatic rings. The van der Waals surface area contributed by atoms with Crippen LogP contribution < -0.4 is 5.32 Å². The average molecular weight is 298 g/mol. The van der Waals surface area contributed by atoms with Gasteiger partial charge in [0, 0.05) is 19.0 Å². The number of rotatable bonds is 9.